The summed E-state index contributed by atoms with van der Waals surface area (Å²) in [6, 6.07) is 1.17. The molecule has 0 bridgehead atoms. The summed E-state index contributed by atoms with van der Waals surface area (Å²) in [6.07, 6.45) is 0. The van der Waals surface area contributed by atoms with E-state index in [-0.39, 0.29) is 18.0 Å². The fourth-order valence-corrected chi connectivity index (χ4v) is 0.635. The first-order valence-electron chi connectivity index (χ1n) is 4.68. The highest BCUT2D eigenvalue weighted by atomic mass is 16.5. The van der Waals surface area contributed by atoms with Crippen LogP contribution < -0.4 is 0 Å². The Hall–Kier alpha value is -1.32. The van der Waals surface area contributed by atoms with Crippen LogP contribution in [-0.2, 0) is 4.74 Å². The molecule has 0 unspecified atom stereocenters. The maximum atomic E-state index is 11.1. The number of nitrogens with one attached hydrogen (secondary N) is 1. The number of hydrogen-bond acceptors (Lipinski definition) is 3. The normalized spacial score (nSPS) is 14.8. The minimum absolute atomic E-state index is 0.0537. The van der Waals surface area contributed by atoms with E-state index in [1.165, 1.54) is 6.07 Å². The van der Waals surface area contributed by atoms with Crippen molar-refractivity contribution in [2.24, 2.45) is 0 Å². The zero-order valence-electron chi connectivity index (χ0n) is 9.05. The monoisotopic (exact) mass is 157 g/mol. The number of aromatic nitrogens is 2. The first-order chi connectivity index (χ1) is 6.45. The van der Waals surface area contributed by atoms with Gasteiger partial charge in [0.05, 0.1) is 12.3 Å². The van der Waals surface area contributed by atoms with Gasteiger partial charge in [-0.25, -0.2) is 4.79 Å². The van der Waals surface area contributed by atoms with Crippen LogP contribution in [0.25, 0.3) is 0 Å². The summed E-state index contributed by atoms with van der Waals surface area (Å²) in [6.45, 7) is -0.402. The fourth-order valence-electron chi connectivity index (χ4n) is 0.635. The predicted molar refractivity (Wildman–Crippen MR) is 39.3 cm³/mol. The van der Waals surface area contributed by atoms with Gasteiger partial charge in [-0.2, -0.15) is 5.10 Å². The number of nitrogens with zero attached hydrogens (tertiary/aromatic N) is 1. The molecule has 0 aliphatic rings. The van der Waals surface area contributed by atoms with Crippen molar-refractivity contribution < 1.29 is 13.6 Å². The molecule has 0 radical (unpaired) electrons. The predicted octanol–water partition coefficient (Wildman–Crippen LogP) is 0.895. The number of esters is 1. The SMILES string of the molecule is [2H]C([2H])([2H])c1cc(C(=O)OCC)[nH]n1. The average molecular weight is 157 g/mol. The van der Waals surface area contributed by atoms with Crippen LogP contribution in [0, 0.1) is 6.85 Å². The van der Waals surface area contributed by atoms with Crippen LogP contribution >= 0.6 is 0 Å². The maximum Gasteiger partial charge on any atom is 0.356 e. The van der Waals surface area contributed by atoms with E-state index in [1.807, 2.05) is 0 Å². The molecule has 0 aliphatic carbocycles. The highest BCUT2D eigenvalue weighted by Crippen LogP contribution is 1.99. The number of carbonyl (C=O) groups excluding carboxylic acids is 1. The van der Waals surface area contributed by atoms with Crippen LogP contribution in [-0.4, -0.2) is 22.8 Å². The number of hydrogen-bond donors (Lipinski definition) is 1. The van der Waals surface area contributed by atoms with Gasteiger partial charge in [0.2, 0.25) is 0 Å². The van der Waals surface area contributed by atoms with Gasteiger partial charge in [-0.1, -0.05) is 0 Å². The lowest BCUT2D eigenvalue weighted by Gasteiger charge is -1.95. The van der Waals surface area contributed by atoms with Gasteiger partial charge >= 0.3 is 5.97 Å². The summed E-state index contributed by atoms with van der Waals surface area (Å²) in [5.74, 6) is -0.601. The average Bonchev–Trinajstić information content (AvgIpc) is 2.51. The van der Waals surface area contributed by atoms with E-state index in [2.05, 4.69) is 14.9 Å². The quantitative estimate of drug-likeness (QED) is 0.649. The second kappa shape index (κ2) is 3.18. The molecule has 4 nitrogen and oxygen atoms in total. The molecule has 1 aromatic rings. The third-order valence-corrected chi connectivity index (χ3v) is 1.07. The first-order valence-corrected chi connectivity index (χ1v) is 3.18. The lowest BCUT2D eigenvalue weighted by Crippen LogP contribution is -2.04. The van der Waals surface area contributed by atoms with Gasteiger partial charge in [0.15, 0.2) is 0 Å². The molecule has 0 aromatic carbocycles. The summed E-state index contributed by atoms with van der Waals surface area (Å²) >= 11 is 0. The van der Waals surface area contributed by atoms with Crippen molar-refractivity contribution in [1.29, 1.82) is 0 Å². The van der Waals surface area contributed by atoms with Gasteiger partial charge in [-0.15, -0.1) is 0 Å². The van der Waals surface area contributed by atoms with Crippen molar-refractivity contribution in [2.75, 3.05) is 6.61 Å². The van der Waals surface area contributed by atoms with Gasteiger partial charge < -0.3 is 4.74 Å². The molecule has 0 saturated heterocycles. The lowest BCUT2D eigenvalue weighted by molar-refractivity contribution is 0.0519. The Balaban J connectivity index is 2.83. The van der Waals surface area contributed by atoms with Crippen LogP contribution in [0.5, 0.6) is 0 Å². The molecule has 0 amide bonds. The number of aromatic amines is 1. The van der Waals surface area contributed by atoms with Gasteiger partial charge in [0.25, 0.3) is 0 Å². The minimum Gasteiger partial charge on any atom is -0.461 e. The highest BCUT2D eigenvalue weighted by molar-refractivity contribution is 5.87. The van der Waals surface area contributed by atoms with Crippen molar-refractivity contribution in [1.82, 2.24) is 10.2 Å². The zero-order valence-corrected chi connectivity index (χ0v) is 6.05. The third kappa shape index (κ3) is 1.80. The Labute approximate surface area is 68.8 Å². The van der Waals surface area contributed by atoms with Gasteiger partial charge in [0.1, 0.15) is 5.69 Å². The largest absolute Gasteiger partial charge is 0.461 e. The van der Waals surface area contributed by atoms with E-state index in [1.54, 1.807) is 6.92 Å². The van der Waals surface area contributed by atoms with Crippen LogP contribution in [0.1, 0.15) is 27.2 Å². The Bertz CT molecular complexity index is 332. The number of H-pyrrole nitrogens is 1. The van der Waals surface area contributed by atoms with E-state index in [0.29, 0.717) is 0 Å². The summed E-state index contributed by atoms with van der Waals surface area (Å²) < 4.78 is 25.7. The number of carbonyl (C=O) groups is 1. The molecule has 1 rings (SSSR count). The third-order valence-electron chi connectivity index (χ3n) is 1.07. The van der Waals surface area contributed by atoms with Crippen LogP contribution in [0.2, 0.25) is 0 Å². The van der Waals surface area contributed by atoms with E-state index in [4.69, 9.17) is 4.11 Å². The van der Waals surface area contributed by atoms with Gasteiger partial charge in [0, 0.05) is 4.11 Å². The topological polar surface area (TPSA) is 55.0 Å². The first kappa shape index (κ1) is 4.54. The Kier molecular flexibility index (Phi) is 1.31. The summed E-state index contributed by atoms with van der Waals surface area (Å²) in [5.41, 5.74) is -0.0847. The van der Waals surface area contributed by atoms with E-state index in [9.17, 15) is 4.79 Å². The van der Waals surface area contributed by atoms with E-state index in [0.717, 1.165) is 0 Å². The van der Waals surface area contributed by atoms with Crippen molar-refractivity contribution in [3.05, 3.63) is 17.5 Å². The van der Waals surface area contributed by atoms with Crippen LogP contribution in [0.3, 0.4) is 0 Å². The molecule has 0 aliphatic heterocycles. The van der Waals surface area contributed by atoms with Crippen LogP contribution in [0.15, 0.2) is 6.07 Å². The van der Waals surface area contributed by atoms with Crippen molar-refractivity contribution in [3.8, 4) is 0 Å². The molecule has 0 fully saturated rings. The van der Waals surface area contributed by atoms with Crippen molar-refractivity contribution in [3.63, 3.8) is 0 Å². The van der Waals surface area contributed by atoms with Crippen molar-refractivity contribution in [2.45, 2.75) is 13.8 Å². The molecule has 60 valence electrons. The molecular formula is C7H10N2O2. The summed E-state index contributed by atoms with van der Waals surface area (Å²) in [5, 5.41) is 5.81. The molecule has 4 heteroatoms. The standard InChI is InChI=1S/C7H10N2O2/c1-3-11-7(10)6-4-5(2)8-9-6/h4H,3H2,1-2H3,(H,8,9)/i2D3. The Morgan fingerprint density at radius 1 is 2.00 bits per heavy atom. The van der Waals surface area contributed by atoms with Crippen molar-refractivity contribution >= 4 is 5.97 Å². The molecule has 1 N–H and O–H groups in total. The number of rotatable bonds is 2. The molecule has 1 aromatic heterocycles. The van der Waals surface area contributed by atoms with E-state index >= 15 is 0 Å². The molecular weight excluding hydrogens is 144 g/mol. The molecule has 0 saturated carbocycles. The van der Waals surface area contributed by atoms with Crippen LogP contribution in [0.4, 0.5) is 0 Å². The lowest BCUT2D eigenvalue weighted by atomic mass is 10.4. The Morgan fingerprint density at radius 3 is 3.36 bits per heavy atom. The molecule has 1 heterocycles. The Morgan fingerprint density at radius 2 is 2.82 bits per heavy atom. The van der Waals surface area contributed by atoms with Gasteiger partial charge in [-0.05, 0) is 19.8 Å². The number of ether oxygens (including phenoxy) is 1. The summed E-state index contributed by atoms with van der Waals surface area (Å²) in [4.78, 5) is 11.1. The number of aryl methyl sites for hydroxylation is 1. The molecule has 0 spiro atoms. The fraction of sp³-hybridized carbons (Fsp3) is 0.429. The van der Waals surface area contributed by atoms with Gasteiger partial charge in [-0.3, -0.25) is 5.10 Å². The highest BCUT2D eigenvalue weighted by Gasteiger charge is 2.07. The van der Waals surface area contributed by atoms with E-state index < -0.39 is 12.8 Å². The minimum atomic E-state index is -2.30. The molecule has 0 atom stereocenters. The molecule has 11 heavy (non-hydrogen) atoms. The second-order valence-corrected chi connectivity index (χ2v) is 1.89. The zero-order chi connectivity index (χ0) is 10.8. The summed E-state index contributed by atoms with van der Waals surface area (Å²) in [7, 11) is 0. The second-order valence-electron chi connectivity index (χ2n) is 1.89. The smallest absolute Gasteiger partial charge is 0.356 e. The maximum absolute atomic E-state index is 11.1.